The van der Waals surface area contributed by atoms with Gasteiger partial charge in [-0.2, -0.15) is 0 Å². The fraction of sp³-hybridized carbons (Fsp3) is 0.464. The average Bonchev–Trinajstić information content (AvgIpc) is 2.84. The SMILES string of the molecule is CC(C)(C)C1CCC(C(NC(=O)Nc2ccc(F)c(F)c2)c2ccc(C(=O)NCCC(=O)O)cc2)CC1. The van der Waals surface area contributed by atoms with Crippen LogP contribution in [0.25, 0.3) is 0 Å². The van der Waals surface area contributed by atoms with E-state index >= 15 is 0 Å². The quantitative estimate of drug-likeness (QED) is 0.352. The Balaban J connectivity index is 1.75. The fourth-order valence-electron chi connectivity index (χ4n) is 4.90. The molecule has 7 nitrogen and oxygen atoms in total. The first-order chi connectivity index (χ1) is 17.4. The van der Waals surface area contributed by atoms with Crippen LogP contribution in [0.4, 0.5) is 19.3 Å². The first kappa shape index (κ1) is 28.1. The van der Waals surface area contributed by atoms with Gasteiger partial charge in [-0.15, -0.1) is 0 Å². The number of halogens is 2. The number of urea groups is 1. The van der Waals surface area contributed by atoms with Crippen molar-refractivity contribution in [1.82, 2.24) is 10.6 Å². The summed E-state index contributed by atoms with van der Waals surface area (Å²) in [6.45, 7) is 6.75. The van der Waals surface area contributed by atoms with E-state index in [0.29, 0.717) is 11.5 Å². The van der Waals surface area contributed by atoms with Crippen molar-refractivity contribution in [2.45, 2.75) is 58.9 Å². The molecule has 0 aromatic heterocycles. The molecule has 1 saturated carbocycles. The molecule has 2 aromatic carbocycles. The van der Waals surface area contributed by atoms with Crippen LogP contribution in [0.3, 0.4) is 0 Å². The van der Waals surface area contributed by atoms with Gasteiger partial charge >= 0.3 is 12.0 Å². The Morgan fingerprint density at radius 1 is 0.973 bits per heavy atom. The van der Waals surface area contributed by atoms with E-state index in [0.717, 1.165) is 43.4 Å². The highest BCUT2D eigenvalue weighted by Gasteiger charge is 2.34. The van der Waals surface area contributed by atoms with E-state index in [-0.39, 0.29) is 41.9 Å². The van der Waals surface area contributed by atoms with Crippen LogP contribution < -0.4 is 16.0 Å². The molecule has 0 radical (unpaired) electrons. The summed E-state index contributed by atoms with van der Waals surface area (Å²) in [5.74, 6) is -2.67. The van der Waals surface area contributed by atoms with Crippen molar-refractivity contribution >= 4 is 23.6 Å². The van der Waals surface area contributed by atoms with Crippen LogP contribution in [-0.4, -0.2) is 29.6 Å². The smallest absolute Gasteiger partial charge is 0.319 e. The molecule has 1 atom stereocenters. The summed E-state index contributed by atoms with van der Waals surface area (Å²) in [5, 5.41) is 16.9. The van der Waals surface area contributed by atoms with E-state index in [1.165, 1.54) is 6.07 Å². The van der Waals surface area contributed by atoms with Gasteiger partial charge in [0.15, 0.2) is 11.6 Å². The number of benzene rings is 2. The lowest BCUT2D eigenvalue weighted by atomic mass is 9.68. The Hall–Kier alpha value is -3.49. The normalized spacial score (nSPS) is 18.5. The van der Waals surface area contributed by atoms with Crippen LogP contribution in [0.2, 0.25) is 0 Å². The van der Waals surface area contributed by atoms with Gasteiger partial charge in [0, 0.05) is 23.9 Å². The van der Waals surface area contributed by atoms with Crippen LogP contribution in [0.1, 0.15) is 74.8 Å². The monoisotopic (exact) mass is 515 g/mol. The first-order valence-corrected chi connectivity index (χ1v) is 12.6. The topological polar surface area (TPSA) is 108 Å². The summed E-state index contributed by atoms with van der Waals surface area (Å²) in [6.07, 6.45) is 3.72. The molecule has 200 valence electrons. The zero-order valence-corrected chi connectivity index (χ0v) is 21.4. The van der Waals surface area contributed by atoms with Crippen LogP contribution >= 0.6 is 0 Å². The Labute approximate surface area is 216 Å². The number of carboxylic acid groups (broad SMARTS) is 1. The number of carboxylic acids is 1. The molecule has 0 spiro atoms. The molecule has 0 bridgehead atoms. The van der Waals surface area contributed by atoms with Gasteiger partial charge in [0.25, 0.3) is 5.91 Å². The highest BCUT2D eigenvalue weighted by atomic mass is 19.2. The van der Waals surface area contributed by atoms with Crippen molar-refractivity contribution in [1.29, 1.82) is 0 Å². The minimum absolute atomic E-state index is 0.0290. The van der Waals surface area contributed by atoms with E-state index < -0.39 is 23.6 Å². The number of amides is 3. The third-order valence-corrected chi connectivity index (χ3v) is 7.09. The molecule has 1 aliphatic rings. The van der Waals surface area contributed by atoms with Gasteiger partial charge in [-0.05, 0) is 72.8 Å². The van der Waals surface area contributed by atoms with Crippen LogP contribution in [0.15, 0.2) is 42.5 Å². The maximum atomic E-state index is 13.6. The Morgan fingerprint density at radius 3 is 2.19 bits per heavy atom. The molecule has 1 unspecified atom stereocenters. The largest absolute Gasteiger partial charge is 0.481 e. The number of hydrogen-bond acceptors (Lipinski definition) is 3. The van der Waals surface area contributed by atoms with Crippen molar-refractivity contribution in [3.8, 4) is 0 Å². The van der Waals surface area contributed by atoms with E-state index in [9.17, 15) is 23.2 Å². The lowest BCUT2D eigenvalue weighted by Gasteiger charge is -2.39. The summed E-state index contributed by atoms with van der Waals surface area (Å²) in [7, 11) is 0. The number of carbonyl (C=O) groups is 3. The Bertz CT molecular complexity index is 1110. The van der Waals surface area contributed by atoms with Crippen molar-refractivity contribution < 1.29 is 28.3 Å². The molecule has 2 aromatic rings. The molecule has 0 aliphatic heterocycles. The second-order valence-corrected chi connectivity index (χ2v) is 10.7. The molecular formula is C28H35F2N3O4. The Morgan fingerprint density at radius 2 is 1.62 bits per heavy atom. The molecule has 1 fully saturated rings. The van der Waals surface area contributed by atoms with Crippen molar-refractivity contribution in [2.75, 3.05) is 11.9 Å². The first-order valence-electron chi connectivity index (χ1n) is 12.6. The van der Waals surface area contributed by atoms with Gasteiger partial charge in [-0.25, -0.2) is 13.6 Å². The number of hydrogen-bond donors (Lipinski definition) is 4. The van der Waals surface area contributed by atoms with Gasteiger partial charge in [0.2, 0.25) is 0 Å². The maximum Gasteiger partial charge on any atom is 0.319 e. The number of anilines is 1. The van der Waals surface area contributed by atoms with Gasteiger partial charge < -0.3 is 21.1 Å². The van der Waals surface area contributed by atoms with E-state index in [1.54, 1.807) is 24.3 Å². The van der Waals surface area contributed by atoms with E-state index in [2.05, 4.69) is 36.7 Å². The molecule has 4 N–H and O–H groups in total. The number of carbonyl (C=O) groups excluding carboxylic acids is 2. The second-order valence-electron chi connectivity index (χ2n) is 10.7. The minimum Gasteiger partial charge on any atom is -0.481 e. The Kier molecular flexibility index (Phi) is 9.23. The van der Waals surface area contributed by atoms with Crippen LogP contribution in [-0.2, 0) is 4.79 Å². The standard InChI is InChI=1S/C28H35F2N3O4/c1-28(2,3)20-10-8-18(9-11-20)25(33-27(37)32-21-12-13-22(29)23(30)16-21)17-4-6-19(7-5-17)26(36)31-15-14-24(34)35/h4-7,12-13,16,18,20,25H,8-11,14-15H2,1-3H3,(H,31,36)(H,34,35)(H2,32,33,37). The van der Waals surface area contributed by atoms with Crippen molar-refractivity contribution in [3.05, 3.63) is 65.2 Å². The molecule has 9 heteroatoms. The summed E-state index contributed by atoms with van der Waals surface area (Å²) in [5.41, 5.74) is 1.55. The molecule has 0 saturated heterocycles. The highest BCUT2D eigenvalue weighted by molar-refractivity contribution is 5.94. The summed E-state index contributed by atoms with van der Waals surface area (Å²) in [6, 6.07) is 9.14. The zero-order chi connectivity index (χ0) is 27.2. The van der Waals surface area contributed by atoms with E-state index in [4.69, 9.17) is 5.11 Å². The molecule has 0 heterocycles. The molecule has 3 rings (SSSR count). The summed E-state index contributed by atoms with van der Waals surface area (Å²) >= 11 is 0. The predicted octanol–water partition coefficient (Wildman–Crippen LogP) is 5.88. The highest BCUT2D eigenvalue weighted by Crippen LogP contribution is 2.43. The summed E-state index contributed by atoms with van der Waals surface area (Å²) in [4.78, 5) is 35.9. The second kappa shape index (κ2) is 12.2. The molecular weight excluding hydrogens is 480 g/mol. The van der Waals surface area contributed by atoms with Gasteiger partial charge in [-0.1, -0.05) is 32.9 Å². The zero-order valence-electron chi connectivity index (χ0n) is 21.4. The predicted molar refractivity (Wildman–Crippen MR) is 137 cm³/mol. The van der Waals surface area contributed by atoms with Crippen molar-refractivity contribution in [3.63, 3.8) is 0 Å². The lowest BCUT2D eigenvalue weighted by Crippen LogP contribution is -2.38. The van der Waals surface area contributed by atoms with E-state index in [1.807, 2.05) is 0 Å². The molecule has 1 aliphatic carbocycles. The maximum absolute atomic E-state index is 13.6. The van der Waals surface area contributed by atoms with Crippen molar-refractivity contribution in [2.24, 2.45) is 17.3 Å². The summed E-state index contributed by atoms with van der Waals surface area (Å²) < 4.78 is 26.9. The fourth-order valence-corrected chi connectivity index (χ4v) is 4.90. The number of rotatable bonds is 8. The third-order valence-electron chi connectivity index (χ3n) is 7.09. The lowest BCUT2D eigenvalue weighted by molar-refractivity contribution is -0.136. The third kappa shape index (κ3) is 8.00. The number of nitrogens with one attached hydrogen (secondary N) is 3. The van der Waals surface area contributed by atoms with Gasteiger partial charge in [0.1, 0.15) is 0 Å². The van der Waals surface area contributed by atoms with Crippen LogP contribution in [0.5, 0.6) is 0 Å². The minimum atomic E-state index is -1.05. The van der Waals surface area contributed by atoms with Gasteiger partial charge in [0.05, 0.1) is 12.5 Å². The molecule has 37 heavy (non-hydrogen) atoms. The van der Waals surface area contributed by atoms with Crippen LogP contribution in [0, 0.1) is 28.9 Å². The van der Waals surface area contributed by atoms with Gasteiger partial charge in [-0.3, -0.25) is 9.59 Å². The number of aliphatic carboxylic acids is 1. The molecule has 3 amide bonds. The average molecular weight is 516 g/mol.